The lowest BCUT2D eigenvalue weighted by Crippen LogP contribution is -2.43. The summed E-state index contributed by atoms with van der Waals surface area (Å²) in [4.78, 5) is 24.7. The van der Waals surface area contributed by atoms with Gasteiger partial charge in [-0.3, -0.25) is 4.79 Å². The highest BCUT2D eigenvalue weighted by Crippen LogP contribution is 2.29. The van der Waals surface area contributed by atoms with Crippen molar-refractivity contribution >= 4 is 34.5 Å². The van der Waals surface area contributed by atoms with Gasteiger partial charge in [-0.25, -0.2) is 13.6 Å². The van der Waals surface area contributed by atoms with Gasteiger partial charge in [-0.1, -0.05) is 6.07 Å². The normalized spacial score (nSPS) is 17.9. The molecule has 1 aromatic carbocycles. The largest absolute Gasteiger partial charge is 0.478 e. The van der Waals surface area contributed by atoms with Gasteiger partial charge in [0, 0.05) is 29.5 Å². The molecule has 0 aromatic heterocycles. The van der Waals surface area contributed by atoms with E-state index in [0.29, 0.717) is 3.57 Å². The van der Waals surface area contributed by atoms with Crippen LogP contribution in [-0.2, 0) is 0 Å². The number of carbonyl (C=O) groups is 2. The monoisotopic (exact) mass is 395 g/mol. The van der Waals surface area contributed by atoms with Crippen LogP contribution in [0.25, 0.3) is 0 Å². The van der Waals surface area contributed by atoms with E-state index >= 15 is 0 Å². The van der Waals surface area contributed by atoms with Crippen LogP contribution < -0.4 is 0 Å². The Bertz CT molecular complexity index is 553. The van der Waals surface area contributed by atoms with Crippen LogP contribution >= 0.6 is 22.6 Å². The Labute approximate surface area is 127 Å². The topological polar surface area (TPSA) is 57.6 Å². The molecule has 7 heteroatoms. The summed E-state index contributed by atoms with van der Waals surface area (Å²) in [5, 5.41) is 9.02. The number of carboxylic acids is 1. The van der Waals surface area contributed by atoms with Gasteiger partial charge >= 0.3 is 5.97 Å². The van der Waals surface area contributed by atoms with E-state index in [2.05, 4.69) is 0 Å². The fourth-order valence-electron chi connectivity index (χ4n) is 2.07. The van der Waals surface area contributed by atoms with Crippen molar-refractivity contribution in [2.24, 2.45) is 0 Å². The predicted octanol–water partition coefficient (Wildman–Crippen LogP) is 2.86. The molecule has 0 atom stereocenters. The van der Waals surface area contributed by atoms with Crippen LogP contribution in [0, 0.1) is 3.57 Å². The van der Waals surface area contributed by atoms with Crippen LogP contribution in [0.5, 0.6) is 0 Å². The van der Waals surface area contributed by atoms with Gasteiger partial charge in [0.2, 0.25) is 0 Å². The third-order valence-electron chi connectivity index (χ3n) is 3.24. The summed E-state index contributed by atoms with van der Waals surface area (Å²) in [5.74, 6) is -4.23. The van der Waals surface area contributed by atoms with Crippen molar-refractivity contribution in [3.63, 3.8) is 0 Å². The lowest BCUT2D eigenvalue weighted by Gasteiger charge is -2.32. The number of carboxylic acid groups (broad SMARTS) is 1. The van der Waals surface area contributed by atoms with Crippen LogP contribution in [0.15, 0.2) is 18.2 Å². The molecule has 1 amide bonds. The molecule has 0 aliphatic carbocycles. The molecular weight excluding hydrogens is 383 g/mol. The number of hydrogen-bond acceptors (Lipinski definition) is 2. The highest BCUT2D eigenvalue weighted by Gasteiger charge is 2.36. The molecule has 2 rings (SSSR count). The molecule has 108 valence electrons. The van der Waals surface area contributed by atoms with Crippen LogP contribution in [0.1, 0.15) is 33.6 Å². The number of aromatic carboxylic acids is 1. The Hall–Kier alpha value is -1.25. The van der Waals surface area contributed by atoms with Gasteiger partial charge in [0.15, 0.2) is 0 Å². The molecule has 0 unspecified atom stereocenters. The van der Waals surface area contributed by atoms with Crippen molar-refractivity contribution in [3.8, 4) is 0 Å². The highest BCUT2D eigenvalue weighted by molar-refractivity contribution is 14.1. The smallest absolute Gasteiger partial charge is 0.336 e. The minimum Gasteiger partial charge on any atom is -0.478 e. The summed E-state index contributed by atoms with van der Waals surface area (Å²) >= 11 is 1.80. The summed E-state index contributed by atoms with van der Waals surface area (Å²) < 4.78 is 26.5. The van der Waals surface area contributed by atoms with Gasteiger partial charge in [-0.15, -0.1) is 0 Å². The van der Waals surface area contributed by atoms with E-state index in [-0.39, 0.29) is 37.1 Å². The van der Waals surface area contributed by atoms with Gasteiger partial charge in [0.25, 0.3) is 11.8 Å². The zero-order valence-electron chi connectivity index (χ0n) is 10.4. The average Bonchev–Trinajstić information content (AvgIpc) is 2.38. The van der Waals surface area contributed by atoms with E-state index in [4.69, 9.17) is 5.11 Å². The van der Waals surface area contributed by atoms with Gasteiger partial charge in [-0.05, 0) is 34.7 Å². The standard InChI is InChI=1S/C13H12F2INO3/c14-13(15)4-6-17(7-5-13)11(18)8-2-1-3-9(10(8)16)12(19)20/h1-3H,4-7H2,(H,19,20). The van der Waals surface area contributed by atoms with Crippen LogP contribution in [-0.4, -0.2) is 40.9 Å². The SMILES string of the molecule is O=C(O)c1cccc(C(=O)N2CCC(F)(F)CC2)c1I. The van der Waals surface area contributed by atoms with Gasteiger partial charge < -0.3 is 10.0 Å². The number of benzene rings is 1. The maximum atomic E-state index is 13.1. The van der Waals surface area contributed by atoms with Gasteiger partial charge in [0.05, 0.1) is 11.1 Å². The Balaban J connectivity index is 2.22. The van der Waals surface area contributed by atoms with Crippen molar-refractivity contribution in [2.75, 3.05) is 13.1 Å². The number of halogens is 3. The fraction of sp³-hybridized carbons (Fsp3) is 0.385. The van der Waals surface area contributed by atoms with E-state index in [1.165, 1.54) is 23.1 Å². The van der Waals surface area contributed by atoms with Crippen LogP contribution in [0.2, 0.25) is 0 Å². The third-order valence-corrected chi connectivity index (χ3v) is 4.40. The summed E-state index contributed by atoms with van der Waals surface area (Å²) in [5.41, 5.74) is 0.287. The molecule has 1 fully saturated rings. The molecule has 0 saturated carbocycles. The molecule has 20 heavy (non-hydrogen) atoms. The lowest BCUT2D eigenvalue weighted by atomic mass is 10.0. The molecule has 1 N–H and O–H groups in total. The Morgan fingerprint density at radius 2 is 1.75 bits per heavy atom. The molecule has 4 nitrogen and oxygen atoms in total. The summed E-state index contributed by atoms with van der Waals surface area (Å²) in [6, 6.07) is 4.41. The lowest BCUT2D eigenvalue weighted by molar-refractivity contribution is -0.0494. The Kier molecular flexibility index (Phi) is 4.26. The van der Waals surface area contributed by atoms with E-state index in [1.807, 2.05) is 0 Å². The quantitative estimate of drug-likeness (QED) is 0.784. The van der Waals surface area contributed by atoms with Crippen molar-refractivity contribution in [2.45, 2.75) is 18.8 Å². The highest BCUT2D eigenvalue weighted by atomic mass is 127. The third kappa shape index (κ3) is 3.08. The first kappa shape index (κ1) is 15.1. The minimum absolute atomic E-state index is 0.0147. The van der Waals surface area contributed by atoms with Crippen molar-refractivity contribution in [3.05, 3.63) is 32.9 Å². The van der Waals surface area contributed by atoms with E-state index in [9.17, 15) is 18.4 Å². The minimum atomic E-state index is -2.72. The second-order valence-electron chi connectivity index (χ2n) is 4.62. The summed E-state index contributed by atoms with van der Waals surface area (Å²) in [6.07, 6.45) is -0.706. The van der Waals surface area contributed by atoms with Crippen molar-refractivity contribution < 1.29 is 23.5 Å². The number of likely N-dealkylation sites (tertiary alicyclic amines) is 1. The van der Waals surface area contributed by atoms with E-state index < -0.39 is 17.8 Å². The molecule has 1 heterocycles. The number of nitrogens with zero attached hydrogens (tertiary/aromatic N) is 1. The molecule has 0 spiro atoms. The zero-order valence-corrected chi connectivity index (χ0v) is 12.6. The zero-order chi connectivity index (χ0) is 14.9. The van der Waals surface area contributed by atoms with Crippen LogP contribution in [0.3, 0.4) is 0 Å². The number of carbonyl (C=O) groups excluding carboxylic acids is 1. The first-order chi connectivity index (χ1) is 9.32. The first-order valence-electron chi connectivity index (χ1n) is 6.01. The average molecular weight is 395 g/mol. The molecule has 0 radical (unpaired) electrons. The van der Waals surface area contributed by atoms with Crippen molar-refractivity contribution in [1.29, 1.82) is 0 Å². The molecule has 1 aliphatic rings. The van der Waals surface area contributed by atoms with Crippen LogP contribution in [0.4, 0.5) is 8.78 Å². The maximum Gasteiger partial charge on any atom is 0.336 e. The molecule has 1 aromatic rings. The molecule has 1 saturated heterocycles. The molecule has 0 bridgehead atoms. The number of hydrogen-bond donors (Lipinski definition) is 1. The first-order valence-corrected chi connectivity index (χ1v) is 7.08. The van der Waals surface area contributed by atoms with E-state index in [0.717, 1.165) is 0 Å². The second-order valence-corrected chi connectivity index (χ2v) is 5.70. The number of amides is 1. The van der Waals surface area contributed by atoms with Gasteiger partial charge in [-0.2, -0.15) is 0 Å². The van der Waals surface area contributed by atoms with Crippen molar-refractivity contribution in [1.82, 2.24) is 4.90 Å². The number of rotatable bonds is 2. The predicted molar refractivity (Wildman–Crippen MR) is 76.2 cm³/mol. The maximum absolute atomic E-state index is 13.1. The summed E-state index contributed by atoms with van der Waals surface area (Å²) in [6.45, 7) is -0.0293. The number of piperidine rings is 1. The van der Waals surface area contributed by atoms with Gasteiger partial charge in [0.1, 0.15) is 0 Å². The van der Waals surface area contributed by atoms with E-state index in [1.54, 1.807) is 22.6 Å². The molecule has 1 aliphatic heterocycles. The Morgan fingerprint density at radius 1 is 1.20 bits per heavy atom. The number of alkyl halides is 2. The Morgan fingerprint density at radius 3 is 2.30 bits per heavy atom. The fourth-order valence-corrected chi connectivity index (χ4v) is 2.89. The summed E-state index contributed by atoms with van der Waals surface area (Å²) in [7, 11) is 0. The molecular formula is C13H12F2INO3. The second kappa shape index (κ2) is 5.63.